The second kappa shape index (κ2) is 6.57. The van der Waals surface area contributed by atoms with Crippen molar-refractivity contribution < 1.29 is 4.74 Å². The van der Waals surface area contributed by atoms with E-state index < -0.39 is 0 Å². The van der Waals surface area contributed by atoms with Crippen LogP contribution in [0.1, 0.15) is 18.9 Å². The molecule has 1 aliphatic heterocycles. The number of aromatic nitrogens is 1. The first-order valence-electron chi connectivity index (χ1n) is 6.39. The predicted molar refractivity (Wildman–Crippen MR) is 68.2 cm³/mol. The highest BCUT2D eigenvalue weighted by Gasteiger charge is 2.09. The number of piperazine rings is 1. The molecule has 17 heavy (non-hydrogen) atoms. The zero-order chi connectivity index (χ0) is 11.9. The molecule has 2 rings (SSSR count). The van der Waals surface area contributed by atoms with Crippen molar-refractivity contribution in [2.24, 2.45) is 0 Å². The van der Waals surface area contributed by atoms with E-state index in [4.69, 9.17) is 4.74 Å². The molecule has 0 aliphatic carbocycles. The minimum atomic E-state index is 0.732. The Morgan fingerprint density at radius 2 is 2.18 bits per heavy atom. The van der Waals surface area contributed by atoms with Crippen LogP contribution < -0.4 is 10.1 Å². The number of nitrogens with zero attached hydrogens (tertiary/aromatic N) is 2. The first-order valence-corrected chi connectivity index (χ1v) is 6.39. The fraction of sp³-hybridized carbons (Fsp3) is 0.615. The molecule has 0 saturated carbocycles. The Bertz CT molecular complexity index is 320. The molecule has 0 unspecified atom stereocenters. The summed E-state index contributed by atoms with van der Waals surface area (Å²) in [4.78, 5) is 6.76. The van der Waals surface area contributed by atoms with Gasteiger partial charge in [-0.1, -0.05) is 13.0 Å². The Morgan fingerprint density at radius 1 is 1.35 bits per heavy atom. The second-order valence-electron chi connectivity index (χ2n) is 4.38. The monoisotopic (exact) mass is 235 g/mol. The van der Waals surface area contributed by atoms with Crippen molar-refractivity contribution >= 4 is 0 Å². The van der Waals surface area contributed by atoms with E-state index in [1.54, 1.807) is 0 Å². The van der Waals surface area contributed by atoms with Gasteiger partial charge in [0, 0.05) is 45.0 Å². The topological polar surface area (TPSA) is 37.4 Å². The summed E-state index contributed by atoms with van der Waals surface area (Å²) in [6.45, 7) is 8.24. The molecule has 0 amide bonds. The lowest BCUT2D eigenvalue weighted by Crippen LogP contribution is -2.42. The molecule has 94 valence electrons. The van der Waals surface area contributed by atoms with E-state index in [2.05, 4.69) is 28.2 Å². The van der Waals surface area contributed by atoms with Crippen LogP contribution in [0.5, 0.6) is 5.88 Å². The summed E-state index contributed by atoms with van der Waals surface area (Å²) in [6.07, 6.45) is 2.94. The zero-order valence-electron chi connectivity index (χ0n) is 10.5. The summed E-state index contributed by atoms with van der Waals surface area (Å²) < 4.78 is 5.47. The lowest BCUT2D eigenvalue weighted by molar-refractivity contribution is 0.232. The number of hydrogen-bond donors (Lipinski definition) is 1. The van der Waals surface area contributed by atoms with Crippen LogP contribution in [0.15, 0.2) is 18.3 Å². The summed E-state index contributed by atoms with van der Waals surface area (Å²) >= 11 is 0. The molecule has 0 aromatic carbocycles. The highest BCUT2D eigenvalue weighted by Crippen LogP contribution is 2.10. The van der Waals surface area contributed by atoms with Crippen molar-refractivity contribution in [3.63, 3.8) is 0 Å². The zero-order valence-corrected chi connectivity index (χ0v) is 10.5. The van der Waals surface area contributed by atoms with Crippen LogP contribution in [0.25, 0.3) is 0 Å². The quantitative estimate of drug-likeness (QED) is 0.834. The van der Waals surface area contributed by atoms with Crippen LogP contribution >= 0.6 is 0 Å². The van der Waals surface area contributed by atoms with Crippen molar-refractivity contribution in [3.05, 3.63) is 23.9 Å². The second-order valence-corrected chi connectivity index (χ2v) is 4.38. The van der Waals surface area contributed by atoms with E-state index in [1.165, 1.54) is 5.56 Å². The van der Waals surface area contributed by atoms with E-state index in [1.807, 2.05) is 12.3 Å². The molecule has 1 saturated heterocycles. The minimum absolute atomic E-state index is 0.732. The number of nitrogens with one attached hydrogen (secondary N) is 1. The van der Waals surface area contributed by atoms with Gasteiger partial charge in [-0.2, -0.15) is 0 Å². The normalized spacial score (nSPS) is 17.0. The number of ether oxygens (including phenoxy) is 1. The van der Waals surface area contributed by atoms with Crippen molar-refractivity contribution in [1.82, 2.24) is 15.2 Å². The molecule has 0 spiro atoms. The van der Waals surface area contributed by atoms with Gasteiger partial charge in [0.05, 0.1) is 6.61 Å². The first-order chi connectivity index (χ1) is 8.38. The summed E-state index contributed by atoms with van der Waals surface area (Å²) in [7, 11) is 0. The SMILES string of the molecule is CCCOc1ccc(CN2CCNCC2)cn1. The average Bonchev–Trinajstić information content (AvgIpc) is 2.39. The van der Waals surface area contributed by atoms with Crippen LogP contribution in [-0.4, -0.2) is 42.7 Å². The van der Waals surface area contributed by atoms with Gasteiger partial charge in [0.1, 0.15) is 0 Å². The molecule has 0 bridgehead atoms. The number of rotatable bonds is 5. The van der Waals surface area contributed by atoms with Crippen LogP contribution in [0.3, 0.4) is 0 Å². The molecule has 0 radical (unpaired) electrons. The lowest BCUT2D eigenvalue weighted by Gasteiger charge is -2.27. The summed E-state index contributed by atoms with van der Waals surface area (Å²) in [5, 5.41) is 3.36. The van der Waals surface area contributed by atoms with Crippen LogP contribution in [-0.2, 0) is 6.54 Å². The largest absolute Gasteiger partial charge is 0.478 e. The Hall–Kier alpha value is -1.13. The summed E-state index contributed by atoms with van der Waals surface area (Å²) in [5.41, 5.74) is 1.26. The van der Waals surface area contributed by atoms with Gasteiger partial charge in [0.25, 0.3) is 0 Å². The van der Waals surface area contributed by atoms with Gasteiger partial charge in [-0.25, -0.2) is 4.98 Å². The maximum Gasteiger partial charge on any atom is 0.213 e. The van der Waals surface area contributed by atoms with E-state index >= 15 is 0 Å². The van der Waals surface area contributed by atoms with Gasteiger partial charge in [-0.3, -0.25) is 4.90 Å². The minimum Gasteiger partial charge on any atom is -0.478 e. The fourth-order valence-corrected chi connectivity index (χ4v) is 1.92. The van der Waals surface area contributed by atoms with E-state index in [9.17, 15) is 0 Å². The van der Waals surface area contributed by atoms with Crippen molar-refractivity contribution in [1.29, 1.82) is 0 Å². The van der Waals surface area contributed by atoms with Crippen molar-refractivity contribution in [2.75, 3.05) is 32.8 Å². The Kier molecular flexibility index (Phi) is 4.76. The van der Waals surface area contributed by atoms with Gasteiger partial charge in [-0.15, -0.1) is 0 Å². The third-order valence-corrected chi connectivity index (χ3v) is 2.87. The van der Waals surface area contributed by atoms with Gasteiger partial charge in [-0.05, 0) is 12.0 Å². The molecule has 4 heteroatoms. The predicted octanol–water partition coefficient (Wildman–Crippen LogP) is 1.28. The average molecular weight is 235 g/mol. The molecular weight excluding hydrogens is 214 g/mol. The molecule has 0 atom stereocenters. The van der Waals surface area contributed by atoms with Crippen LogP contribution in [0.2, 0.25) is 0 Å². The molecule has 1 fully saturated rings. The van der Waals surface area contributed by atoms with Gasteiger partial charge in [0.15, 0.2) is 0 Å². The van der Waals surface area contributed by atoms with Crippen molar-refractivity contribution in [2.45, 2.75) is 19.9 Å². The number of hydrogen-bond acceptors (Lipinski definition) is 4. The Labute approximate surface area is 103 Å². The Morgan fingerprint density at radius 3 is 2.82 bits per heavy atom. The molecular formula is C13H21N3O. The third-order valence-electron chi connectivity index (χ3n) is 2.87. The van der Waals surface area contributed by atoms with Crippen LogP contribution in [0.4, 0.5) is 0 Å². The summed E-state index contributed by atoms with van der Waals surface area (Å²) in [5.74, 6) is 0.732. The molecule has 1 aromatic heterocycles. The molecule has 1 N–H and O–H groups in total. The fourth-order valence-electron chi connectivity index (χ4n) is 1.92. The smallest absolute Gasteiger partial charge is 0.213 e. The molecule has 2 heterocycles. The molecule has 4 nitrogen and oxygen atoms in total. The molecule has 1 aliphatic rings. The maximum atomic E-state index is 5.47. The summed E-state index contributed by atoms with van der Waals surface area (Å²) in [6, 6.07) is 4.08. The first kappa shape index (κ1) is 12.3. The third kappa shape index (κ3) is 3.98. The maximum absolute atomic E-state index is 5.47. The van der Waals surface area contributed by atoms with Crippen LogP contribution in [0, 0.1) is 0 Å². The van der Waals surface area contributed by atoms with E-state index in [0.29, 0.717) is 0 Å². The van der Waals surface area contributed by atoms with E-state index in [0.717, 1.165) is 51.6 Å². The van der Waals surface area contributed by atoms with Gasteiger partial charge in [0.2, 0.25) is 5.88 Å². The highest BCUT2D eigenvalue weighted by molar-refractivity contribution is 5.17. The van der Waals surface area contributed by atoms with Gasteiger partial charge >= 0.3 is 0 Å². The Balaban J connectivity index is 1.84. The van der Waals surface area contributed by atoms with Crippen molar-refractivity contribution in [3.8, 4) is 5.88 Å². The highest BCUT2D eigenvalue weighted by atomic mass is 16.5. The lowest BCUT2D eigenvalue weighted by atomic mass is 10.2. The molecule has 1 aromatic rings. The number of pyridine rings is 1. The van der Waals surface area contributed by atoms with E-state index in [-0.39, 0.29) is 0 Å². The van der Waals surface area contributed by atoms with Gasteiger partial charge < -0.3 is 10.1 Å². The standard InChI is InChI=1S/C13H21N3O/c1-2-9-17-13-4-3-12(10-15-13)11-16-7-5-14-6-8-16/h3-4,10,14H,2,5-9,11H2,1H3.